The summed E-state index contributed by atoms with van der Waals surface area (Å²) in [6, 6.07) is 0. The van der Waals surface area contributed by atoms with Gasteiger partial charge in [-0.1, -0.05) is 6.08 Å². The van der Waals surface area contributed by atoms with Gasteiger partial charge in [0.05, 0.1) is 25.6 Å². The standard InChI is InChI=1S/C16H22O11/c1-3-6-9(13(21)22)7(14(23)24-2)5-25-15(6)27-16-12(20)11(19)10(18)8(4-17)26-16/h3,5,8-12,15-20H,4H2,1-2H3,(H,21,22)/b6-3-/t8-,9?,10-,11+,12-,15?,16+/m1/s1. The van der Waals surface area contributed by atoms with Crippen LogP contribution in [-0.4, -0.2) is 88.2 Å². The third-order valence-electron chi connectivity index (χ3n) is 4.34. The van der Waals surface area contributed by atoms with Crippen molar-refractivity contribution >= 4 is 11.9 Å². The fourth-order valence-corrected chi connectivity index (χ4v) is 2.87. The third kappa shape index (κ3) is 4.13. The summed E-state index contributed by atoms with van der Waals surface area (Å²) in [5.74, 6) is -3.68. The number of aliphatic hydroxyl groups excluding tert-OH is 4. The Morgan fingerprint density at radius 3 is 2.41 bits per heavy atom. The van der Waals surface area contributed by atoms with Gasteiger partial charge in [0.2, 0.25) is 6.29 Å². The summed E-state index contributed by atoms with van der Waals surface area (Å²) in [5, 5.41) is 48.4. The van der Waals surface area contributed by atoms with Crippen molar-refractivity contribution < 1.29 is 54.1 Å². The van der Waals surface area contributed by atoms with E-state index in [1.54, 1.807) is 0 Å². The molecular weight excluding hydrogens is 368 g/mol. The molecule has 11 nitrogen and oxygen atoms in total. The minimum absolute atomic E-state index is 0.0300. The zero-order valence-corrected chi connectivity index (χ0v) is 14.6. The summed E-state index contributed by atoms with van der Waals surface area (Å²) in [7, 11) is 1.09. The number of carbonyl (C=O) groups excluding carboxylic acids is 1. The predicted octanol–water partition coefficient (Wildman–Crippen LogP) is -2.14. The molecule has 2 heterocycles. The zero-order chi connectivity index (χ0) is 20.3. The number of aliphatic hydroxyl groups is 4. The molecule has 7 atom stereocenters. The maximum absolute atomic E-state index is 11.8. The van der Waals surface area contributed by atoms with Crippen LogP contribution in [0.5, 0.6) is 0 Å². The van der Waals surface area contributed by atoms with E-state index in [0.29, 0.717) is 0 Å². The Morgan fingerprint density at radius 2 is 1.89 bits per heavy atom. The first-order chi connectivity index (χ1) is 12.8. The van der Waals surface area contributed by atoms with Crippen LogP contribution in [0.3, 0.4) is 0 Å². The summed E-state index contributed by atoms with van der Waals surface area (Å²) in [6.45, 7) is 0.843. The quantitative estimate of drug-likeness (QED) is 0.256. The molecule has 152 valence electrons. The van der Waals surface area contributed by atoms with Crippen LogP contribution in [0.4, 0.5) is 0 Å². The summed E-state index contributed by atoms with van der Waals surface area (Å²) < 4.78 is 20.5. The molecule has 0 aromatic heterocycles. The number of esters is 1. The van der Waals surface area contributed by atoms with Crippen LogP contribution in [0.1, 0.15) is 6.92 Å². The number of carboxylic acids is 1. The number of ether oxygens (including phenoxy) is 4. The van der Waals surface area contributed by atoms with Crippen molar-refractivity contribution in [3.8, 4) is 0 Å². The molecule has 2 unspecified atom stereocenters. The Kier molecular flexibility index (Phi) is 6.92. The predicted molar refractivity (Wildman–Crippen MR) is 84.7 cm³/mol. The van der Waals surface area contributed by atoms with Crippen molar-refractivity contribution in [1.82, 2.24) is 0 Å². The van der Waals surface area contributed by atoms with Gasteiger partial charge >= 0.3 is 11.9 Å². The van der Waals surface area contributed by atoms with E-state index in [9.17, 15) is 35.1 Å². The van der Waals surface area contributed by atoms with Crippen molar-refractivity contribution in [1.29, 1.82) is 0 Å². The molecule has 2 aliphatic rings. The smallest absolute Gasteiger partial charge is 0.338 e. The Hall–Kier alpha value is -2.02. The van der Waals surface area contributed by atoms with Crippen LogP contribution < -0.4 is 0 Å². The number of allylic oxidation sites excluding steroid dienone is 1. The molecule has 2 rings (SSSR count). The van der Waals surface area contributed by atoms with Crippen LogP contribution in [0, 0.1) is 5.92 Å². The average molecular weight is 390 g/mol. The molecule has 0 aliphatic carbocycles. The molecule has 1 saturated heterocycles. The lowest BCUT2D eigenvalue weighted by Crippen LogP contribution is -2.60. The third-order valence-corrected chi connectivity index (χ3v) is 4.34. The molecule has 0 spiro atoms. The normalized spacial score (nSPS) is 38.1. The van der Waals surface area contributed by atoms with E-state index in [2.05, 4.69) is 4.74 Å². The molecule has 5 N–H and O–H groups in total. The van der Waals surface area contributed by atoms with E-state index in [1.807, 2.05) is 0 Å². The van der Waals surface area contributed by atoms with E-state index in [0.717, 1.165) is 13.4 Å². The van der Waals surface area contributed by atoms with Crippen molar-refractivity contribution in [2.24, 2.45) is 5.92 Å². The molecule has 1 fully saturated rings. The Bertz CT molecular complexity index is 626. The van der Waals surface area contributed by atoms with Crippen molar-refractivity contribution in [3.05, 3.63) is 23.5 Å². The second-order valence-electron chi connectivity index (χ2n) is 5.93. The van der Waals surface area contributed by atoms with Gasteiger partial charge in [0.25, 0.3) is 0 Å². The molecule has 0 aromatic carbocycles. The average Bonchev–Trinajstić information content (AvgIpc) is 2.66. The van der Waals surface area contributed by atoms with Gasteiger partial charge in [-0.25, -0.2) is 4.79 Å². The number of methoxy groups -OCH3 is 1. The molecule has 0 aromatic rings. The molecule has 0 saturated carbocycles. The highest BCUT2D eigenvalue weighted by atomic mass is 16.8. The van der Waals surface area contributed by atoms with E-state index in [-0.39, 0.29) is 11.1 Å². The fourth-order valence-electron chi connectivity index (χ4n) is 2.87. The summed E-state index contributed by atoms with van der Waals surface area (Å²) in [6.07, 6.45) is -6.81. The maximum Gasteiger partial charge on any atom is 0.338 e. The number of hydrogen-bond donors (Lipinski definition) is 5. The Balaban J connectivity index is 2.27. The van der Waals surface area contributed by atoms with Gasteiger partial charge in [-0.15, -0.1) is 0 Å². The van der Waals surface area contributed by atoms with Gasteiger partial charge in [-0.2, -0.15) is 0 Å². The monoisotopic (exact) mass is 390 g/mol. The lowest BCUT2D eigenvalue weighted by molar-refractivity contribution is -0.327. The van der Waals surface area contributed by atoms with Gasteiger partial charge in [-0.05, 0) is 6.92 Å². The van der Waals surface area contributed by atoms with Crippen LogP contribution >= 0.6 is 0 Å². The molecule has 11 heteroatoms. The molecular formula is C16H22O11. The molecule has 2 aliphatic heterocycles. The van der Waals surface area contributed by atoms with Crippen molar-refractivity contribution in [2.75, 3.05) is 13.7 Å². The number of carboxylic acid groups (broad SMARTS) is 1. The molecule has 0 radical (unpaired) electrons. The van der Waals surface area contributed by atoms with E-state index < -0.39 is 61.5 Å². The molecule has 0 amide bonds. The first kappa shape index (κ1) is 21.3. The number of carbonyl (C=O) groups is 2. The van der Waals surface area contributed by atoms with Crippen molar-refractivity contribution in [3.63, 3.8) is 0 Å². The van der Waals surface area contributed by atoms with E-state index in [4.69, 9.17) is 14.2 Å². The minimum Gasteiger partial charge on any atom is -0.481 e. The second-order valence-corrected chi connectivity index (χ2v) is 5.93. The van der Waals surface area contributed by atoms with Crippen LogP contribution in [0.2, 0.25) is 0 Å². The van der Waals surface area contributed by atoms with E-state index >= 15 is 0 Å². The van der Waals surface area contributed by atoms with Gasteiger partial charge < -0.3 is 44.5 Å². The van der Waals surface area contributed by atoms with Gasteiger partial charge in [0.1, 0.15) is 30.3 Å². The topological polar surface area (TPSA) is 172 Å². The summed E-state index contributed by atoms with van der Waals surface area (Å²) in [5.41, 5.74) is -0.228. The highest BCUT2D eigenvalue weighted by Crippen LogP contribution is 2.34. The SMILES string of the molecule is C/C=C1\C(O[C@@H]2O[C@H](CO)[C@@H](O)[C@H](O)[C@H]2O)OC=C(C(=O)OC)C1C(=O)O. The lowest BCUT2D eigenvalue weighted by Gasteiger charge is -2.41. The first-order valence-electron chi connectivity index (χ1n) is 8.05. The minimum atomic E-state index is -1.70. The Morgan fingerprint density at radius 1 is 1.22 bits per heavy atom. The van der Waals surface area contributed by atoms with Gasteiger partial charge in [0.15, 0.2) is 6.29 Å². The first-order valence-corrected chi connectivity index (χ1v) is 8.05. The number of rotatable bonds is 5. The van der Waals surface area contributed by atoms with Crippen LogP contribution in [-0.2, 0) is 28.5 Å². The van der Waals surface area contributed by atoms with Crippen molar-refractivity contribution in [2.45, 2.75) is 43.9 Å². The molecule has 27 heavy (non-hydrogen) atoms. The van der Waals surface area contributed by atoms with E-state index in [1.165, 1.54) is 13.0 Å². The number of aliphatic carboxylic acids is 1. The van der Waals surface area contributed by atoms with Gasteiger partial charge in [0, 0.05) is 5.57 Å². The maximum atomic E-state index is 11.8. The van der Waals surface area contributed by atoms with Gasteiger partial charge in [-0.3, -0.25) is 4.79 Å². The summed E-state index contributed by atoms with van der Waals surface area (Å²) in [4.78, 5) is 23.5. The van der Waals surface area contributed by atoms with Crippen LogP contribution in [0.15, 0.2) is 23.5 Å². The highest BCUT2D eigenvalue weighted by molar-refractivity contribution is 5.96. The highest BCUT2D eigenvalue weighted by Gasteiger charge is 2.47. The largest absolute Gasteiger partial charge is 0.481 e. The second kappa shape index (κ2) is 8.78. The van der Waals surface area contributed by atoms with Crippen LogP contribution in [0.25, 0.3) is 0 Å². The zero-order valence-electron chi connectivity index (χ0n) is 14.6. The number of hydrogen-bond acceptors (Lipinski definition) is 10. The molecule has 0 bridgehead atoms. The lowest BCUT2D eigenvalue weighted by atomic mass is 9.89. The Labute approximate surface area is 154 Å². The fraction of sp³-hybridized carbons (Fsp3) is 0.625. The summed E-state index contributed by atoms with van der Waals surface area (Å²) >= 11 is 0.